The summed E-state index contributed by atoms with van der Waals surface area (Å²) in [5, 5.41) is 0.691. The predicted molar refractivity (Wildman–Crippen MR) is 145 cm³/mol. The molecule has 3 aromatic carbocycles. The van der Waals surface area contributed by atoms with E-state index in [2.05, 4.69) is 9.71 Å². The number of pyridine rings is 1. The van der Waals surface area contributed by atoms with Gasteiger partial charge < -0.3 is 15.5 Å². The van der Waals surface area contributed by atoms with E-state index in [0.29, 0.717) is 22.0 Å². The van der Waals surface area contributed by atoms with Gasteiger partial charge in [-0.25, -0.2) is 12.8 Å². The number of rotatable bonds is 6. The third-order valence-corrected chi connectivity index (χ3v) is 8.06. The Bertz CT molecular complexity index is 1660. The van der Waals surface area contributed by atoms with E-state index in [1.807, 2.05) is 0 Å². The summed E-state index contributed by atoms with van der Waals surface area (Å²) in [6.07, 6.45) is 1.53. The number of nitrogens with zero attached hydrogens (tertiary/aromatic N) is 3. The second-order valence-electron chi connectivity index (χ2n) is 9.08. The number of hydrogen-bond acceptors (Lipinski definition) is 6. The number of carbonyl (C=O) groups excluding carboxylic acids is 2. The summed E-state index contributed by atoms with van der Waals surface area (Å²) >= 11 is 0. The van der Waals surface area contributed by atoms with Gasteiger partial charge >= 0.3 is 0 Å². The average Bonchev–Trinajstić information content (AvgIpc) is 2.96. The van der Waals surface area contributed by atoms with Crippen molar-refractivity contribution in [3.63, 3.8) is 0 Å². The van der Waals surface area contributed by atoms with Crippen molar-refractivity contribution < 1.29 is 22.4 Å². The molecule has 4 aromatic rings. The van der Waals surface area contributed by atoms with Crippen molar-refractivity contribution in [1.29, 1.82) is 0 Å². The zero-order chi connectivity index (χ0) is 27.6. The first kappa shape index (κ1) is 26.3. The van der Waals surface area contributed by atoms with Crippen LogP contribution in [0.1, 0.15) is 26.3 Å². The number of amides is 2. The number of fused-ring (bicyclic) bond motifs is 1. The van der Waals surface area contributed by atoms with E-state index >= 15 is 0 Å². The molecule has 5 rings (SSSR count). The third-order valence-electron chi connectivity index (χ3n) is 6.66. The Morgan fingerprint density at radius 3 is 2.31 bits per heavy atom. The van der Waals surface area contributed by atoms with Crippen LogP contribution in [-0.2, 0) is 16.6 Å². The van der Waals surface area contributed by atoms with Gasteiger partial charge in [-0.1, -0.05) is 30.3 Å². The maximum Gasteiger partial charge on any atom is 0.264 e. The molecule has 0 bridgehead atoms. The number of anilines is 1. The van der Waals surface area contributed by atoms with Gasteiger partial charge in [0.25, 0.3) is 21.8 Å². The number of sulfonamides is 1. The molecule has 1 saturated heterocycles. The molecule has 0 atom stereocenters. The molecule has 1 fully saturated rings. The molecule has 11 heteroatoms. The minimum Gasteiger partial charge on any atom is -0.335 e. The number of halogens is 1. The first-order valence-corrected chi connectivity index (χ1v) is 13.8. The van der Waals surface area contributed by atoms with Gasteiger partial charge in [0.2, 0.25) is 0 Å². The minimum atomic E-state index is -3.99. The SMILES string of the molecule is NCc1cc(C(=O)N2CCN(C(=O)c3ccccc3F)CC2)ccc1NS(=O)(=O)c1cccc2cccnc12. The lowest BCUT2D eigenvalue weighted by Crippen LogP contribution is -2.50. The Morgan fingerprint density at radius 2 is 1.59 bits per heavy atom. The first-order chi connectivity index (χ1) is 18.8. The number of nitrogens with two attached hydrogens (primary N) is 1. The molecule has 9 nitrogen and oxygen atoms in total. The van der Waals surface area contributed by atoms with Crippen molar-refractivity contribution in [2.45, 2.75) is 11.4 Å². The fourth-order valence-corrected chi connectivity index (χ4v) is 5.87. The Kier molecular flexibility index (Phi) is 7.27. The Morgan fingerprint density at radius 1 is 0.897 bits per heavy atom. The predicted octanol–water partition coefficient (Wildman–Crippen LogP) is 3.23. The largest absolute Gasteiger partial charge is 0.335 e. The van der Waals surface area contributed by atoms with E-state index < -0.39 is 21.7 Å². The third kappa shape index (κ3) is 5.31. The number of hydrogen-bond donors (Lipinski definition) is 2. The lowest BCUT2D eigenvalue weighted by atomic mass is 10.1. The topological polar surface area (TPSA) is 126 Å². The molecule has 1 aromatic heterocycles. The van der Waals surface area contributed by atoms with Crippen molar-refractivity contribution >= 4 is 38.4 Å². The number of benzene rings is 3. The zero-order valence-corrected chi connectivity index (χ0v) is 21.7. The van der Waals surface area contributed by atoms with Crippen LogP contribution in [0.3, 0.4) is 0 Å². The van der Waals surface area contributed by atoms with Crippen LogP contribution in [-0.4, -0.2) is 61.2 Å². The molecular formula is C28H26FN5O4S. The highest BCUT2D eigenvalue weighted by atomic mass is 32.2. The van der Waals surface area contributed by atoms with E-state index in [1.165, 1.54) is 47.5 Å². The smallest absolute Gasteiger partial charge is 0.264 e. The first-order valence-electron chi connectivity index (χ1n) is 12.3. The summed E-state index contributed by atoms with van der Waals surface area (Å²) in [7, 11) is -3.99. The highest BCUT2D eigenvalue weighted by Gasteiger charge is 2.27. The number of carbonyl (C=O) groups is 2. The summed E-state index contributed by atoms with van der Waals surface area (Å²) < 4.78 is 43.1. The maximum atomic E-state index is 14.0. The Hall–Kier alpha value is -4.35. The van der Waals surface area contributed by atoms with Crippen LogP contribution in [0.25, 0.3) is 10.9 Å². The van der Waals surface area contributed by atoms with Gasteiger partial charge in [-0.15, -0.1) is 0 Å². The minimum absolute atomic E-state index is 0.00202. The standard InChI is InChI=1S/C28H26FN5O4S/c29-23-8-2-1-7-22(23)28(36)34-15-13-33(14-16-34)27(35)20-10-11-24(21(17-20)18-30)32-39(37,38)25-9-3-5-19-6-4-12-31-26(19)25/h1-12,17,32H,13-16,18,30H2. The van der Waals surface area contributed by atoms with E-state index in [1.54, 1.807) is 41.3 Å². The highest BCUT2D eigenvalue weighted by Crippen LogP contribution is 2.26. The van der Waals surface area contributed by atoms with Gasteiger partial charge in [-0.3, -0.25) is 19.3 Å². The molecule has 0 spiro atoms. The number of piperazine rings is 1. The molecule has 3 N–H and O–H groups in total. The van der Waals surface area contributed by atoms with Gasteiger partial charge in [0.1, 0.15) is 10.7 Å². The summed E-state index contributed by atoms with van der Waals surface area (Å²) in [6.45, 7) is 1.08. The maximum absolute atomic E-state index is 14.0. The quantitative estimate of drug-likeness (QED) is 0.382. The molecule has 0 radical (unpaired) electrons. The number of aromatic nitrogens is 1. The van der Waals surface area contributed by atoms with E-state index in [0.717, 1.165) is 0 Å². The molecule has 0 aliphatic carbocycles. The lowest BCUT2D eigenvalue weighted by molar-refractivity contribution is 0.0533. The molecule has 2 amide bonds. The molecule has 0 unspecified atom stereocenters. The second kappa shape index (κ2) is 10.8. The molecule has 1 aliphatic heterocycles. The van der Waals surface area contributed by atoms with Gasteiger partial charge in [-0.05, 0) is 48.0 Å². The van der Waals surface area contributed by atoms with Gasteiger partial charge in [0.05, 0.1) is 16.8 Å². The molecule has 1 aliphatic rings. The summed E-state index contributed by atoms with van der Waals surface area (Å²) in [5.41, 5.74) is 7.33. The highest BCUT2D eigenvalue weighted by molar-refractivity contribution is 7.93. The van der Waals surface area contributed by atoms with Crippen molar-refractivity contribution in [3.8, 4) is 0 Å². The van der Waals surface area contributed by atoms with Crippen LogP contribution in [0.4, 0.5) is 10.1 Å². The second-order valence-corrected chi connectivity index (χ2v) is 10.7. The molecule has 0 saturated carbocycles. The summed E-state index contributed by atoms with van der Waals surface area (Å²) in [6, 6.07) is 18.9. The number of para-hydroxylation sites is 1. The van der Waals surface area contributed by atoms with Crippen LogP contribution in [0.5, 0.6) is 0 Å². The van der Waals surface area contributed by atoms with Crippen molar-refractivity contribution in [3.05, 3.63) is 102 Å². The summed E-state index contributed by atoms with van der Waals surface area (Å²) in [4.78, 5) is 33.3. The van der Waals surface area contributed by atoms with Gasteiger partial charge in [0.15, 0.2) is 0 Å². The van der Waals surface area contributed by atoms with Crippen LogP contribution in [0.2, 0.25) is 0 Å². The van der Waals surface area contributed by atoms with Crippen molar-refractivity contribution in [2.75, 3.05) is 30.9 Å². The van der Waals surface area contributed by atoms with Crippen molar-refractivity contribution in [1.82, 2.24) is 14.8 Å². The van der Waals surface area contributed by atoms with Gasteiger partial charge in [-0.2, -0.15) is 0 Å². The fraction of sp³-hybridized carbons (Fsp3) is 0.179. The number of nitrogens with one attached hydrogen (secondary N) is 1. The van der Waals surface area contributed by atoms with Gasteiger partial charge in [0, 0.05) is 49.9 Å². The van der Waals surface area contributed by atoms with E-state index in [9.17, 15) is 22.4 Å². The average molecular weight is 548 g/mol. The van der Waals surface area contributed by atoms with Crippen LogP contribution >= 0.6 is 0 Å². The molecule has 200 valence electrons. The Balaban J connectivity index is 1.30. The molecule has 39 heavy (non-hydrogen) atoms. The van der Waals surface area contributed by atoms with E-state index in [4.69, 9.17) is 5.73 Å². The molecular weight excluding hydrogens is 521 g/mol. The zero-order valence-electron chi connectivity index (χ0n) is 20.9. The van der Waals surface area contributed by atoms with Crippen LogP contribution < -0.4 is 10.5 Å². The molecule has 2 heterocycles. The normalized spacial score (nSPS) is 13.9. The Labute approximate surface area is 225 Å². The fourth-order valence-electron chi connectivity index (χ4n) is 4.59. The monoisotopic (exact) mass is 547 g/mol. The van der Waals surface area contributed by atoms with Crippen LogP contribution in [0.15, 0.2) is 83.9 Å². The van der Waals surface area contributed by atoms with Crippen LogP contribution in [0, 0.1) is 5.82 Å². The van der Waals surface area contributed by atoms with Crippen molar-refractivity contribution in [2.24, 2.45) is 5.73 Å². The lowest BCUT2D eigenvalue weighted by Gasteiger charge is -2.35. The van der Waals surface area contributed by atoms with E-state index in [-0.39, 0.29) is 54.8 Å². The summed E-state index contributed by atoms with van der Waals surface area (Å²) in [5.74, 6) is -1.26.